The van der Waals surface area contributed by atoms with Crippen LogP contribution in [0.15, 0.2) is 77.7 Å². The van der Waals surface area contributed by atoms with Gasteiger partial charge < -0.3 is 20.5 Å². The minimum Gasteiger partial charge on any atom is -0.495 e. The van der Waals surface area contributed by atoms with Gasteiger partial charge >= 0.3 is 5.97 Å². The zero-order chi connectivity index (χ0) is 30.6. The van der Waals surface area contributed by atoms with E-state index in [1.165, 1.54) is 18.9 Å². The maximum Gasteiger partial charge on any atom is 0.338 e. The maximum atomic E-state index is 13.5. The number of methoxy groups -OCH3 is 1. The zero-order valence-electron chi connectivity index (χ0n) is 21.4. The van der Waals surface area contributed by atoms with Crippen molar-refractivity contribution in [3.8, 4) is 5.75 Å². The summed E-state index contributed by atoms with van der Waals surface area (Å²) in [5.41, 5.74) is 0.499. The maximum absolute atomic E-state index is 13.5. The molecule has 0 radical (unpaired) electrons. The van der Waals surface area contributed by atoms with E-state index < -0.39 is 33.3 Å². The number of hydrogen-bond acceptors (Lipinski definition) is 5. The highest BCUT2D eigenvalue weighted by molar-refractivity contribution is 8.00. The summed E-state index contributed by atoms with van der Waals surface area (Å²) in [6, 6.07) is 20.7. The quantitative estimate of drug-likeness (QED) is 0.0922. The lowest BCUT2D eigenvalue weighted by molar-refractivity contribution is -0.115. The first-order valence-electron chi connectivity index (χ1n) is 11.9. The topological polar surface area (TPSA) is 105 Å². The van der Waals surface area contributed by atoms with Crippen LogP contribution < -0.4 is 15.4 Å². The number of carboxylic acid groups (broad SMARTS) is 1. The number of hydrogen-bond donors (Lipinski definition) is 3. The van der Waals surface area contributed by atoms with E-state index in [1.54, 1.807) is 42.5 Å². The van der Waals surface area contributed by atoms with E-state index in [2.05, 4.69) is 10.6 Å². The largest absolute Gasteiger partial charge is 0.495 e. The van der Waals surface area contributed by atoms with Gasteiger partial charge in [0.05, 0.1) is 44.0 Å². The molecule has 0 bridgehead atoms. The molecule has 0 fully saturated rings. The molecule has 0 spiro atoms. The zero-order valence-corrected chi connectivity index (χ0v) is 26.0. The Morgan fingerprint density at radius 2 is 1.40 bits per heavy atom. The van der Waals surface area contributed by atoms with Gasteiger partial charge in [0.15, 0.2) is 0 Å². The van der Waals surface area contributed by atoms with Crippen LogP contribution in [0, 0.1) is 0 Å². The van der Waals surface area contributed by atoms with Crippen molar-refractivity contribution in [1.82, 2.24) is 0 Å². The fourth-order valence-corrected chi connectivity index (χ4v) is 6.09. The Balaban J connectivity index is 1.57. The van der Waals surface area contributed by atoms with Crippen LogP contribution in [-0.2, 0) is 4.79 Å². The molecule has 3 N–H and O–H groups in total. The van der Waals surface area contributed by atoms with Gasteiger partial charge in [0.2, 0.25) is 5.91 Å². The van der Waals surface area contributed by atoms with E-state index in [4.69, 9.17) is 62.7 Å². The van der Waals surface area contributed by atoms with Crippen LogP contribution in [0.3, 0.4) is 0 Å². The molecule has 0 aliphatic rings. The summed E-state index contributed by atoms with van der Waals surface area (Å²) >= 11 is 31.7. The molecule has 0 aromatic heterocycles. The number of carbonyl (C=O) groups is 3. The van der Waals surface area contributed by atoms with Crippen molar-refractivity contribution in [2.75, 3.05) is 17.7 Å². The first-order chi connectivity index (χ1) is 20.0. The smallest absolute Gasteiger partial charge is 0.338 e. The van der Waals surface area contributed by atoms with Crippen LogP contribution in [0.1, 0.15) is 31.5 Å². The van der Waals surface area contributed by atoms with Gasteiger partial charge in [-0.05, 0) is 48.0 Å². The van der Waals surface area contributed by atoms with Crippen molar-refractivity contribution in [1.29, 1.82) is 0 Å². The Hall–Kier alpha value is -3.11. The molecule has 4 aromatic carbocycles. The second kappa shape index (κ2) is 13.9. The number of rotatable bonds is 9. The molecule has 0 saturated heterocycles. The summed E-state index contributed by atoms with van der Waals surface area (Å²) < 4.78 is 5.35. The van der Waals surface area contributed by atoms with Crippen LogP contribution in [0.4, 0.5) is 11.4 Å². The van der Waals surface area contributed by atoms with Crippen molar-refractivity contribution in [3.05, 3.63) is 115 Å². The fourth-order valence-electron chi connectivity index (χ4n) is 3.87. The monoisotopic (exact) mass is 682 g/mol. The summed E-state index contributed by atoms with van der Waals surface area (Å²) in [6.07, 6.45) is 0. The number of nitrogens with one attached hydrogen (secondary N) is 2. The average molecular weight is 685 g/mol. The van der Waals surface area contributed by atoms with E-state index in [0.717, 1.165) is 5.56 Å². The highest BCUT2D eigenvalue weighted by Gasteiger charge is 2.29. The number of carbonyl (C=O) groups excluding carboxylic acids is 2. The predicted molar refractivity (Wildman–Crippen MR) is 170 cm³/mol. The van der Waals surface area contributed by atoms with Gasteiger partial charge in [0.25, 0.3) is 5.91 Å². The van der Waals surface area contributed by atoms with Gasteiger partial charge in [0, 0.05) is 15.6 Å². The molecule has 42 heavy (non-hydrogen) atoms. The predicted octanol–water partition coefficient (Wildman–Crippen LogP) is 9.38. The molecule has 4 aromatic rings. The SMILES string of the molecule is COc1ccc(Cl)cc1NC(=O)C(Sc1ccc(NC(=O)c2c(Cl)c(Cl)c(Cl)c(Cl)c2C(=O)O)cc1)c1ccccc1. The van der Waals surface area contributed by atoms with E-state index >= 15 is 0 Å². The van der Waals surface area contributed by atoms with Crippen molar-refractivity contribution >= 4 is 98.9 Å². The Morgan fingerprint density at radius 1 is 0.786 bits per heavy atom. The molecule has 0 aliphatic carbocycles. The highest BCUT2D eigenvalue weighted by Crippen LogP contribution is 2.42. The van der Waals surface area contributed by atoms with Crippen LogP contribution in [-0.4, -0.2) is 30.0 Å². The molecule has 1 unspecified atom stereocenters. The second-order valence-electron chi connectivity index (χ2n) is 8.53. The van der Waals surface area contributed by atoms with E-state index in [1.807, 2.05) is 30.3 Å². The summed E-state index contributed by atoms with van der Waals surface area (Å²) in [6.45, 7) is 0. The van der Waals surface area contributed by atoms with Gasteiger partial charge in [0.1, 0.15) is 11.0 Å². The first kappa shape index (κ1) is 31.8. The Labute approximate surface area is 270 Å². The molecule has 2 amide bonds. The Bertz CT molecular complexity index is 1670. The van der Waals surface area contributed by atoms with Crippen molar-refractivity contribution in [3.63, 3.8) is 0 Å². The van der Waals surface area contributed by atoms with Gasteiger partial charge in [-0.15, -0.1) is 11.8 Å². The number of halogens is 5. The third-order valence-corrected chi connectivity index (χ3v) is 9.14. The number of ether oxygens (including phenoxy) is 1. The molecule has 1 atom stereocenters. The molecular weight excluding hydrogens is 666 g/mol. The lowest BCUT2D eigenvalue weighted by Crippen LogP contribution is -2.19. The van der Waals surface area contributed by atoms with Gasteiger partial charge in [-0.1, -0.05) is 88.3 Å². The number of aromatic carboxylic acids is 1. The molecular formula is C29H19Cl5N2O5S. The van der Waals surface area contributed by atoms with E-state index in [9.17, 15) is 19.5 Å². The van der Waals surface area contributed by atoms with Crippen LogP contribution in [0.2, 0.25) is 25.1 Å². The average Bonchev–Trinajstić information content (AvgIpc) is 2.97. The lowest BCUT2D eigenvalue weighted by atomic mass is 10.1. The minimum absolute atomic E-state index is 0.245. The number of anilines is 2. The number of amides is 2. The summed E-state index contributed by atoms with van der Waals surface area (Å²) in [7, 11) is 1.50. The Morgan fingerprint density at radius 3 is 2.00 bits per heavy atom. The molecule has 216 valence electrons. The third kappa shape index (κ3) is 7.09. The Kier molecular flexibility index (Phi) is 10.5. The molecule has 13 heteroatoms. The van der Waals surface area contributed by atoms with Crippen molar-refractivity contribution < 1.29 is 24.2 Å². The van der Waals surface area contributed by atoms with Crippen molar-refractivity contribution in [2.24, 2.45) is 0 Å². The van der Waals surface area contributed by atoms with Crippen LogP contribution in [0.5, 0.6) is 5.75 Å². The molecule has 4 rings (SSSR count). The lowest BCUT2D eigenvalue weighted by Gasteiger charge is -2.19. The molecule has 0 aliphatic heterocycles. The number of carboxylic acids is 1. The second-order valence-corrected chi connectivity index (χ2v) is 11.7. The van der Waals surface area contributed by atoms with Gasteiger partial charge in [-0.3, -0.25) is 9.59 Å². The van der Waals surface area contributed by atoms with Crippen molar-refractivity contribution in [2.45, 2.75) is 10.1 Å². The standard InChI is InChI=1S/C29H19Cl5N2O5S/c1-41-19-12-7-15(30)13-18(19)36-28(38)26(14-5-3-2-4-6-14)42-17-10-8-16(9-11-17)35-27(37)20-21(29(39)40)23(32)25(34)24(33)22(20)31/h2-13,26H,1H3,(H,35,37)(H,36,38)(H,39,40). The summed E-state index contributed by atoms with van der Waals surface area (Å²) in [4.78, 5) is 39.1. The number of benzene rings is 4. The van der Waals surface area contributed by atoms with Crippen LogP contribution >= 0.6 is 69.8 Å². The van der Waals surface area contributed by atoms with E-state index in [0.29, 0.717) is 27.0 Å². The highest BCUT2D eigenvalue weighted by atomic mass is 35.5. The van der Waals surface area contributed by atoms with Crippen LogP contribution in [0.25, 0.3) is 0 Å². The minimum atomic E-state index is -1.50. The number of thioether (sulfide) groups is 1. The van der Waals surface area contributed by atoms with Gasteiger partial charge in [-0.2, -0.15) is 0 Å². The normalized spacial score (nSPS) is 11.5. The first-order valence-corrected chi connectivity index (χ1v) is 14.6. The van der Waals surface area contributed by atoms with E-state index in [-0.39, 0.29) is 21.0 Å². The molecule has 7 nitrogen and oxygen atoms in total. The molecule has 0 saturated carbocycles. The van der Waals surface area contributed by atoms with Gasteiger partial charge in [-0.25, -0.2) is 4.79 Å². The summed E-state index contributed by atoms with van der Waals surface area (Å²) in [5, 5.41) is 13.6. The summed E-state index contributed by atoms with van der Waals surface area (Å²) in [5.74, 6) is -2.20. The molecule has 0 heterocycles. The fraction of sp³-hybridized carbons (Fsp3) is 0.0690. The third-order valence-electron chi connectivity index (χ3n) is 5.83.